The number of para-hydroxylation sites is 2. The highest BCUT2D eigenvalue weighted by atomic mass is 19.1. The molecule has 2 aromatic heterocycles. The third kappa shape index (κ3) is 4.04. The van der Waals surface area contributed by atoms with Gasteiger partial charge in [0, 0.05) is 11.8 Å². The fourth-order valence-corrected chi connectivity index (χ4v) is 5.13. The molecule has 190 valence electrons. The van der Waals surface area contributed by atoms with Crippen LogP contribution in [0.1, 0.15) is 35.5 Å². The maximum Gasteiger partial charge on any atom is 0.323 e. The first-order chi connectivity index (χ1) is 18.5. The molecule has 5 aromatic rings. The maximum atomic E-state index is 14.5. The van der Waals surface area contributed by atoms with E-state index in [1.54, 1.807) is 29.2 Å². The quantitative estimate of drug-likeness (QED) is 0.295. The van der Waals surface area contributed by atoms with E-state index in [1.165, 1.54) is 24.3 Å². The van der Waals surface area contributed by atoms with E-state index in [1.807, 2.05) is 64.8 Å². The van der Waals surface area contributed by atoms with E-state index in [4.69, 9.17) is 5.10 Å². The first-order valence-electron chi connectivity index (χ1n) is 12.5. The summed E-state index contributed by atoms with van der Waals surface area (Å²) >= 11 is 0. The van der Waals surface area contributed by atoms with E-state index in [9.17, 15) is 13.6 Å². The number of nitrogens with zero attached hydrogens (tertiary/aromatic N) is 4. The summed E-state index contributed by atoms with van der Waals surface area (Å²) in [4.78, 5) is 15.5. The standard InChI is InChI=1S/C30H25F2N5O/c1-2-25-23-19-36(30(38)33-26-15-7-6-14-24(26)32)28(20-10-8-11-21(31)18-20)27-16-9-17-35(27)29(23)37(34-25)22-12-4-3-5-13-22/h3-18,28H,2,19H2,1H3,(H,33,38)/t28-/m0/s1. The smallest absolute Gasteiger partial charge is 0.307 e. The van der Waals surface area contributed by atoms with Crippen LogP contribution < -0.4 is 5.32 Å². The Hall–Kier alpha value is -4.72. The third-order valence-electron chi connectivity index (χ3n) is 6.84. The largest absolute Gasteiger partial charge is 0.323 e. The number of carbonyl (C=O) groups is 1. The summed E-state index contributed by atoms with van der Waals surface area (Å²) < 4.78 is 32.9. The Morgan fingerprint density at radius 1 is 0.974 bits per heavy atom. The molecule has 3 aromatic carbocycles. The van der Waals surface area contributed by atoms with Crippen LogP contribution in [0.4, 0.5) is 19.3 Å². The molecule has 1 atom stereocenters. The summed E-state index contributed by atoms with van der Waals surface area (Å²) in [6, 6.07) is 24.8. The average molecular weight is 510 g/mol. The summed E-state index contributed by atoms with van der Waals surface area (Å²) in [7, 11) is 0. The molecule has 0 aliphatic carbocycles. The lowest BCUT2D eigenvalue weighted by Crippen LogP contribution is -2.38. The van der Waals surface area contributed by atoms with Crippen LogP contribution in [0.5, 0.6) is 0 Å². The van der Waals surface area contributed by atoms with Gasteiger partial charge < -0.3 is 14.8 Å². The number of hydrogen-bond acceptors (Lipinski definition) is 2. The lowest BCUT2D eigenvalue weighted by molar-refractivity contribution is 0.194. The molecule has 0 saturated carbocycles. The van der Waals surface area contributed by atoms with Gasteiger partial charge in [-0.05, 0) is 60.5 Å². The molecule has 1 aliphatic heterocycles. The van der Waals surface area contributed by atoms with Gasteiger partial charge in [0.1, 0.15) is 17.5 Å². The van der Waals surface area contributed by atoms with Crippen molar-refractivity contribution in [2.75, 3.05) is 5.32 Å². The topological polar surface area (TPSA) is 55.1 Å². The van der Waals surface area contributed by atoms with Gasteiger partial charge in [0.25, 0.3) is 0 Å². The molecular formula is C30H25F2N5O. The molecule has 0 radical (unpaired) electrons. The van der Waals surface area contributed by atoms with Crippen LogP contribution in [0.25, 0.3) is 11.5 Å². The van der Waals surface area contributed by atoms with E-state index in [2.05, 4.69) is 5.32 Å². The molecule has 6 nitrogen and oxygen atoms in total. The van der Waals surface area contributed by atoms with Crippen molar-refractivity contribution in [2.24, 2.45) is 0 Å². The predicted octanol–water partition coefficient (Wildman–Crippen LogP) is 6.64. The second kappa shape index (κ2) is 9.63. The Morgan fingerprint density at radius 2 is 1.76 bits per heavy atom. The molecule has 3 heterocycles. The average Bonchev–Trinajstić information content (AvgIpc) is 3.51. The lowest BCUT2D eigenvalue weighted by Gasteiger charge is -2.31. The molecule has 1 aliphatic rings. The number of amides is 2. The van der Waals surface area contributed by atoms with Gasteiger partial charge in [0.15, 0.2) is 0 Å². The Kier molecular flexibility index (Phi) is 5.99. The molecule has 0 fully saturated rings. The summed E-state index contributed by atoms with van der Waals surface area (Å²) in [5, 5.41) is 7.66. The van der Waals surface area contributed by atoms with Crippen molar-refractivity contribution in [1.82, 2.24) is 19.2 Å². The number of rotatable bonds is 4. The number of halogens is 2. The molecule has 0 unspecified atom stereocenters. The molecule has 38 heavy (non-hydrogen) atoms. The molecule has 0 saturated heterocycles. The normalized spacial score (nSPS) is 14.5. The second-order valence-corrected chi connectivity index (χ2v) is 9.15. The number of nitrogens with one attached hydrogen (secondary N) is 1. The van der Waals surface area contributed by atoms with Crippen molar-refractivity contribution in [1.29, 1.82) is 0 Å². The van der Waals surface area contributed by atoms with E-state index >= 15 is 0 Å². The zero-order chi connectivity index (χ0) is 26.2. The number of aromatic nitrogens is 3. The van der Waals surface area contributed by atoms with E-state index in [0.717, 1.165) is 28.5 Å². The SMILES string of the molecule is CCc1nn(-c2ccccc2)c2c1CN(C(=O)Nc1ccccc1F)[C@@H](c1cccc(F)c1)c1cccn1-2. The monoisotopic (exact) mass is 509 g/mol. The number of carbonyl (C=O) groups excluding carboxylic acids is 1. The van der Waals surface area contributed by atoms with Crippen LogP contribution in [0.15, 0.2) is 97.2 Å². The van der Waals surface area contributed by atoms with Crippen molar-refractivity contribution >= 4 is 11.7 Å². The van der Waals surface area contributed by atoms with Gasteiger partial charge in [0.05, 0.1) is 35.3 Å². The minimum Gasteiger partial charge on any atom is -0.307 e. The van der Waals surface area contributed by atoms with Crippen molar-refractivity contribution in [3.8, 4) is 11.5 Å². The summed E-state index contributed by atoms with van der Waals surface area (Å²) in [6.45, 7) is 2.21. The number of urea groups is 1. The van der Waals surface area contributed by atoms with Crippen molar-refractivity contribution in [2.45, 2.75) is 25.9 Å². The molecule has 8 heteroatoms. The minimum atomic E-state index is -0.645. The van der Waals surface area contributed by atoms with Gasteiger partial charge in [-0.1, -0.05) is 49.4 Å². The van der Waals surface area contributed by atoms with Crippen molar-refractivity contribution < 1.29 is 13.6 Å². The first kappa shape index (κ1) is 23.7. The van der Waals surface area contributed by atoms with Crippen LogP contribution in [-0.2, 0) is 13.0 Å². The Bertz CT molecular complexity index is 1620. The molecule has 0 bridgehead atoms. The van der Waals surface area contributed by atoms with Gasteiger partial charge in [-0.25, -0.2) is 18.3 Å². The zero-order valence-electron chi connectivity index (χ0n) is 20.7. The van der Waals surface area contributed by atoms with Crippen LogP contribution in [0, 0.1) is 11.6 Å². The number of benzene rings is 3. The van der Waals surface area contributed by atoms with Gasteiger partial charge in [-0.15, -0.1) is 0 Å². The van der Waals surface area contributed by atoms with Crippen LogP contribution in [0.2, 0.25) is 0 Å². The molecule has 2 amide bonds. The van der Waals surface area contributed by atoms with Crippen molar-refractivity contribution in [3.63, 3.8) is 0 Å². The number of aryl methyl sites for hydroxylation is 1. The van der Waals surface area contributed by atoms with Gasteiger partial charge in [-0.3, -0.25) is 0 Å². The Morgan fingerprint density at radius 3 is 2.53 bits per heavy atom. The first-order valence-corrected chi connectivity index (χ1v) is 12.5. The van der Waals surface area contributed by atoms with Gasteiger partial charge in [0.2, 0.25) is 0 Å². The highest BCUT2D eigenvalue weighted by Gasteiger charge is 2.36. The number of hydrogen-bond donors (Lipinski definition) is 1. The maximum absolute atomic E-state index is 14.5. The third-order valence-corrected chi connectivity index (χ3v) is 6.84. The van der Waals surface area contributed by atoms with E-state index < -0.39 is 23.7 Å². The number of anilines is 1. The summed E-state index contributed by atoms with van der Waals surface area (Å²) in [5.41, 5.74) is 4.04. The fraction of sp³-hybridized carbons (Fsp3) is 0.133. The minimum absolute atomic E-state index is 0.0750. The molecular weight excluding hydrogens is 484 g/mol. The second-order valence-electron chi connectivity index (χ2n) is 9.15. The van der Waals surface area contributed by atoms with Crippen LogP contribution in [-0.4, -0.2) is 25.3 Å². The number of fused-ring (bicyclic) bond motifs is 3. The predicted molar refractivity (Wildman–Crippen MR) is 141 cm³/mol. The fourth-order valence-electron chi connectivity index (χ4n) is 5.13. The summed E-state index contributed by atoms with van der Waals surface area (Å²) in [5.74, 6) is -0.120. The zero-order valence-corrected chi connectivity index (χ0v) is 20.7. The van der Waals surface area contributed by atoms with Crippen molar-refractivity contribution in [3.05, 3.63) is 131 Å². The lowest BCUT2D eigenvalue weighted by atomic mass is 10.0. The highest BCUT2D eigenvalue weighted by Crippen LogP contribution is 2.39. The Balaban J connectivity index is 1.57. The van der Waals surface area contributed by atoms with Crippen LogP contribution in [0.3, 0.4) is 0 Å². The van der Waals surface area contributed by atoms with E-state index in [-0.39, 0.29) is 12.2 Å². The van der Waals surface area contributed by atoms with E-state index in [0.29, 0.717) is 12.0 Å². The van der Waals surface area contributed by atoms with Gasteiger partial charge in [-0.2, -0.15) is 5.10 Å². The van der Waals surface area contributed by atoms with Crippen LogP contribution >= 0.6 is 0 Å². The molecule has 1 N–H and O–H groups in total. The summed E-state index contributed by atoms with van der Waals surface area (Å²) in [6.07, 6.45) is 2.57. The Labute approximate surface area is 218 Å². The molecule has 0 spiro atoms. The van der Waals surface area contributed by atoms with Gasteiger partial charge >= 0.3 is 6.03 Å². The molecule has 6 rings (SSSR count). The highest BCUT2D eigenvalue weighted by molar-refractivity contribution is 5.90.